The Bertz CT molecular complexity index is 582. The number of fused-ring (bicyclic) bond motifs is 1. The Morgan fingerprint density at radius 2 is 2.04 bits per heavy atom. The van der Waals surface area contributed by atoms with Gasteiger partial charge < -0.3 is 9.64 Å². The number of piperazine rings is 1. The Balaban J connectivity index is 1.30. The molecule has 1 aromatic heterocycles. The third-order valence-corrected chi connectivity index (χ3v) is 5.40. The summed E-state index contributed by atoms with van der Waals surface area (Å²) in [6, 6.07) is -0.275. The molecular formula is C17H25N5O2. The Hall–Kier alpha value is -1.57. The highest BCUT2D eigenvalue weighted by Crippen LogP contribution is 2.25. The number of ether oxygens (including phenoxy) is 1. The van der Waals surface area contributed by atoms with Crippen molar-refractivity contribution in [1.82, 2.24) is 25.1 Å². The van der Waals surface area contributed by atoms with Crippen LogP contribution in [0.5, 0.6) is 0 Å². The molecule has 0 radical (unpaired) electrons. The van der Waals surface area contributed by atoms with Gasteiger partial charge in [0, 0.05) is 64.2 Å². The SMILES string of the molecule is O=C(C1NCc2ncncc21)N1CCN(CC2CCOCC2)CC1. The minimum Gasteiger partial charge on any atom is -0.381 e. The van der Waals surface area contributed by atoms with Crippen molar-refractivity contribution in [2.24, 2.45) is 5.92 Å². The largest absolute Gasteiger partial charge is 0.381 e. The summed E-state index contributed by atoms with van der Waals surface area (Å²) in [6.07, 6.45) is 5.65. The summed E-state index contributed by atoms with van der Waals surface area (Å²) < 4.78 is 5.43. The number of carbonyl (C=O) groups is 1. The summed E-state index contributed by atoms with van der Waals surface area (Å²) in [6.45, 7) is 7.14. The molecule has 3 aliphatic heterocycles. The molecule has 7 heteroatoms. The number of rotatable bonds is 3. The smallest absolute Gasteiger partial charge is 0.244 e. The normalized spacial score (nSPS) is 25.7. The number of nitrogens with one attached hydrogen (secondary N) is 1. The minimum absolute atomic E-state index is 0.161. The van der Waals surface area contributed by atoms with Crippen LogP contribution in [0.1, 0.15) is 30.1 Å². The van der Waals surface area contributed by atoms with Crippen LogP contribution >= 0.6 is 0 Å². The van der Waals surface area contributed by atoms with Crippen LogP contribution in [0.25, 0.3) is 0 Å². The van der Waals surface area contributed by atoms with Crippen LogP contribution in [0.3, 0.4) is 0 Å². The molecule has 130 valence electrons. The molecule has 24 heavy (non-hydrogen) atoms. The van der Waals surface area contributed by atoms with Crippen molar-refractivity contribution in [3.63, 3.8) is 0 Å². The van der Waals surface area contributed by atoms with E-state index in [1.807, 2.05) is 4.90 Å². The van der Waals surface area contributed by atoms with E-state index < -0.39 is 0 Å². The first kappa shape index (κ1) is 15.9. The minimum atomic E-state index is -0.275. The Labute approximate surface area is 142 Å². The third kappa shape index (κ3) is 3.29. The Kier molecular flexibility index (Phi) is 4.73. The number of nitrogens with zero attached hydrogens (tertiary/aromatic N) is 4. The highest BCUT2D eigenvalue weighted by molar-refractivity contribution is 5.84. The summed E-state index contributed by atoms with van der Waals surface area (Å²) in [7, 11) is 0. The predicted molar refractivity (Wildman–Crippen MR) is 88.2 cm³/mol. The van der Waals surface area contributed by atoms with Crippen molar-refractivity contribution in [3.8, 4) is 0 Å². The van der Waals surface area contributed by atoms with E-state index in [1.54, 1.807) is 12.5 Å². The predicted octanol–water partition coefficient (Wildman–Crippen LogP) is 0.192. The standard InChI is InChI=1S/C17H25N5O2/c23-17(16-14-9-18-12-20-15(14)10-19-16)22-5-3-21(4-6-22)11-13-1-7-24-8-2-13/h9,12-13,16,19H,1-8,10-11H2. The molecule has 2 fully saturated rings. The van der Waals surface area contributed by atoms with Gasteiger partial charge in [0.15, 0.2) is 0 Å². The van der Waals surface area contributed by atoms with Gasteiger partial charge in [-0.2, -0.15) is 0 Å². The van der Waals surface area contributed by atoms with E-state index >= 15 is 0 Å². The second-order valence-corrected chi connectivity index (χ2v) is 6.92. The molecule has 3 aliphatic rings. The van der Waals surface area contributed by atoms with Crippen molar-refractivity contribution in [3.05, 3.63) is 23.8 Å². The fourth-order valence-electron chi connectivity index (χ4n) is 3.91. The lowest BCUT2D eigenvalue weighted by Gasteiger charge is -2.38. The zero-order valence-electron chi connectivity index (χ0n) is 14.0. The van der Waals surface area contributed by atoms with Crippen molar-refractivity contribution < 1.29 is 9.53 Å². The van der Waals surface area contributed by atoms with E-state index in [9.17, 15) is 4.79 Å². The highest BCUT2D eigenvalue weighted by atomic mass is 16.5. The van der Waals surface area contributed by atoms with Crippen LogP contribution in [0.4, 0.5) is 0 Å². The van der Waals surface area contributed by atoms with E-state index in [4.69, 9.17) is 4.74 Å². The van der Waals surface area contributed by atoms with Crippen LogP contribution < -0.4 is 5.32 Å². The van der Waals surface area contributed by atoms with Gasteiger partial charge in [0.05, 0.1) is 5.69 Å². The monoisotopic (exact) mass is 331 g/mol. The molecule has 2 saturated heterocycles. The third-order valence-electron chi connectivity index (χ3n) is 5.40. The molecule has 0 bridgehead atoms. The average Bonchev–Trinajstić information content (AvgIpc) is 3.07. The van der Waals surface area contributed by atoms with E-state index in [1.165, 1.54) is 12.8 Å². The molecule has 1 amide bonds. The van der Waals surface area contributed by atoms with Gasteiger partial charge in [-0.25, -0.2) is 9.97 Å². The van der Waals surface area contributed by atoms with Gasteiger partial charge in [-0.1, -0.05) is 0 Å². The number of hydrogen-bond acceptors (Lipinski definition) is 6. The molecule has 1 N–H and O–H groups in total. The number of aromatic nitrogens is 2. The zero-order valence-corrected chi connectivity index (χ0v) is 14.0. The number of carbonyl (C=O) groups excluding carboxylic acids is 1. The molecule has 0 spiro atoms. The summed E-state index contributed by atoms with van der Waals surface area (Å²) in [5, 5.41) is 3.27. The molecular weight excluding hydrogens is 306 g/mol. The van der Waals surface area contributed by atoms with Gasteiger partial charge >= 0.3 is 0 Å². The van der Waals surface area contributed by atoms with Crippen LogP contribution in [0.2, 0.25) is 0 Å². The van der Waals surface area contributed by atoms with E-state index in [-0.39, 0.29) is 11.9 Å². The first-order valence-electron chi connectivity index (χ1n) is 8.92. The molecule has 4 rings (SSSR count). The maximum atomic E-state index is 12.8. The molecule has 0 saturated carbocycles. The molecule has 0 aromatic carbocycles. The molecule has 1 aromatic rings. The molecule has 7 nitrogen and oxygen atoms in total. The van der Waals surface area contributed by atoms with Gasteiger partial charge in [-0.05, 0) is 18.8 Å². The second-order valence-electron chi connectivity index (χ2n) is 6.92. The van der Waals surface area contributed by atoms with Gasteiger partial charge in [0.25, 0.3) is 0 Å². The van der Waals surface area contributed by atoms with Crippen molar-refractivity contribution in [2.75, 3.05) is 45.9 Å². The van der Waals surface area contributed by atoms with Crippen molar-refractivity contribution in [2.45, 2.75) is 25.4 Å². The lowest BCUT2D eigenvalue weighted by Crippen LogP contribution is -2.52. The lowest BCUT2D eigenvalue weighted by atomic mass is 9.99. The average molecular weight is 331 g/mol. The van der Waals surface area contributed by atoms with Crippen molar-refractivity contribution in [1.29, 1.82) is 0 Å². The van der Waals surface area contributed by atoms with Crippen LogP contribution in [-0.2, 0) is 16.1 Å². The summed E-state index contributed by atoms with van der Waals surface area (Å²) in [5.41, 5.74) is 1.88. The van der Waals surface area contributed by atoms with E-state index in [0.29, 0.717) is 6.54 Å². The first-order valence-corrected chi connectivity index (χ1v) is 8.92. The Morgan fingerprint density at radius 3 is 2.83 bits per heavy atom. The second kappa shape index (κ2) is 7.13. The number of hydrogen-bond donors (Lipinski definition) is 1. The van der Waals surface area contributed by atoms with Crippen LogP contribution in [-0.4, -0.2) is 71.6 Å². The molecule has 0 aliphatic carbocycles. The number of amides is 1. The molecule has 4 heterocycles. The Morgan fingerprint density at radius 1 is 1.25 bits per heavy atom. The molecule has 1 unspecified atom stereocenters. The fraction of sp³-hybridized carbons (Fsp3) is 0.706. The fourth-order valence-corrected chi connectivity index (χ4v) is 3.91. The van der Waals surface area contributed by atoms with E-state index in [2.05, 4.69) is 20.2 Å². The van der Waals surface area contributed by atoms with Crippen LogP contribution in [0, 0.1) is 5.92 Å². The maximum absolute atomic E-state index is 12.8. The highest BCUT2D eigenvalue weighted by Gasteiger charge is 2.34. The summed E-state index contributed by atoms with van der Waals surface area (Å²) in [5.74, 6) is 0.913. The van der Waals surface area contributed by atoms with Gasteiger partial charge in [0.1, 0.15) is 12.4 Å². The zero-order chi connectivity index (χ0) is 16.4. The van der Waals surface area contributed by atoms with Crippen molar-refractivity contribution >= 4 is 5.91 Å². The van der Waals surface area contributed by atoms with Gasteiger partial charge in [-0.15, -0.1) is 0 Å². The lowest BCUT2D eigenvalue weighted by molar-refractivity contribution is -0.135. The molecule has 1 atom stereocenters. The summed E-state index contributed by atoms with van der Waals surface area (Å²) >= 11 is 0. The first-order chi connectivity index (χ1) is 11.8. The van der Waals surface area contributed by atoms with Crippen LogP contribution in [0.15, 0.2) is 12.5 Å². The quantitative estimate of drug-likeness (QED) is 0.853. The topological polar surface area (TPSA) is 70.6 Å². The van der Waals surface area contributed by atoms with Gasteiger partial charge in [-0.3, -0.25) is 15.0 Å². The summed E-state index contributed by atoms with van der Waals surface area (Å²) in [4.78, 5) is 25.6. The van der Waals surface area contributed by atoms with Gasteiger partial charge in [0.2, 0.25) is 5.91 Å². The van der Waals surface area contributed by atoms with E-state index in [0.717, 1.165) is 63.1 Å². The maximum Gasteiger partial charge on any atom is 0.244 e.